The molecular weight excluding hydrogens is 466 g/mol. The third kappa shape index (κ3) is 5.09. The Balaban J connectivity index is 1.24. The monoisotopic (exact) mass is 491 g/mol. The number of aromatic amines is 1. The normalized spacial score (nSPS) is 13.3. The molecule has 0 bridgehead atoms. The predicted octanol–water partition coefficient (Wildman–Crippen LogP) is 4.10. The average Bonchev–Trinajstić information content (AvgIpc) is 3.11. The van der Waals surface area contributed by atoms with Gasteiger partial charge >= 0.3 is 0 Å². The molecule has 3 N–H and O–H groups in total. The first kappa shape index (κ1) is 22.8. The molecule has 0 atom stereocenters. The highest BCUT2D eigenvalue weighted by Gasteiger charge is 2.19. The Morgan fingerprint density at radius 1 is 0.943 bits per heavy atom. The first-order valence-electron chi connectivity index (χ1n) is 11.4. The summed E-state index contributed by atoms with van der Waals surface area (Å²) in [4.78, 5) is 16.0. The number of carbonyl (C=O) groups excluding carboxylic acids is 1. The van der Waals surface area contributed by atoms with Crippen molar-refractivity contribution in [2.45, 2.75) is 17.7 Å². The average molecular weight is 492 g/mol. The number of rotatable bonds is 7. The highest BCUT2D eigenvalue weighted by atomic mass is 32.2. The lowest BCUT2D eigenvalue weighted by molar-refractivity contribution is 0.0954. The van der Waals surface area contributed by atoms with Crippen LogP contribution in [0.2, 0.25) is 0 Å². The molecule has 0 saturated heterocycles. The van der Waals surface area contributed by atoms with Crippen LogP contribution in [0.5, 0.6) is 11.5 Å². The van der Waals surface area contributed by atoms with E-state index >= 15 is 0 Å². The Morgan fingerprint density at radius 3 is 2.66 bits per heavy atom. The lowest BCUT2D eigenvalue weighted by atomic mass is 10.1. The summed E-state index contributed by atoms with van der Waals surface area (Å²) >= 11 is 0. The Bertz CT molecular complexity index is 1480. The smallest absolute Gasteiger partial charge is 0.262 e. The molecule has 2 heterocycles. The highest BCUT2D eigenvalue weighted by Crippen LogP contribution is 2.32. The summed E-state index contributed by atoms with van der Waals surface area (Å²) < 4.78 is 39.6. The fourth-order valence-corrected chi connectivity index (χ4v) is 5.06. The van der Waals surface area contributed by atoms with E-state index < -0.39 is 10.0 Å². The van der Waals surface area contributed by atoms with Crippen molar-refractivity contribution < 1.29 is 22.7 Å². The largest absolute Gasteiger partial charge is 0.490 e. The summed E-state index contributed by atoms with van der Waals surface area (Å²) in [7, 11) is -3.89. The standard InChI is InChI=1S/C26H25N3O5S/c30-26(27-12-11-19-17-28-23-8-2-1-7-22(19)23)18-5-3-6-20(15-18)29-35(31,32)21-9-10-24-25(16-21)34-14-4-13-33-24/h1-3,5-10,15-17,28-29H,4,11-14H2,(H,27,30). The maximum absolute atomic E-state index is 13.0. The number of carbonyl (C=O) groups is 1. The molecule has 5 rings (SSSR count). The van der Waals surface area contributed by atoms with Crippen molar-refractivity contribution in [3.63, 3.8) is 0 Å². The van der Waals surface area contributed by atoms with Crippen molar-refractivity contribution in [2.24, 2.45) is 0 Å². The minimum absolute atomic E-state index is 0.0512. The SMILES string of the molecule is O=C(NCCc1c[nH]c2ccccc12)c1cccc(NS(=O)(=O)c2ccc3c(c2)OCCCO3)c1. The second kappa shape index (κ2) is 9.71. The van der Waals surface area contributed by atoms with Gasteiger partial charge in [0.1, 0.15) is 0 Å². The van der Waals surface area contributed by atoms with Gasteiger partial charge in [-0.2, -0.15) is 0 Å². The van der Waals surface area contributed by atoms with Gasteiger partial charge in [-0.3, -0.25) is 9.52 Å². The molecule has 0 fully saturated rings. The van der Waals surface area contributed by atoms with E-state index in [4.69, 9.17) is 9.47 Å². The second-order valence-corrected chi connectivity index (χ2v) is 9.89. The molecule has 1 aliphatic rings. The third-order valence-corrected chi connectivity index (χ3v) is 7.14. The van der Waals surface area contributed by atoms with Gasteiger partial charge in [-0.1, -0.05) is 24.3 Å². The zero-order valence-electron chi connectivity index (χ0n) is 18.9. The van der Waals surface area contributed by atoms with Crippen LogP contribution < -0.4 is 19.5 Å². The van der Waals surface area contributed by atoms with Crippen molar-refractivity contribution in [3.05, 3.63) is 84.1 Å². The van der Waals surface area contributed by atoms with Gasteiger partial charge in [0.25, 0.3) is 15.9 Å². The van der Waals surface area contributed by atoms with Crippen LogP contribution in [0.1, 0.15) is 22.3 Å². The summed E-state index contributed by atoms with van der Waals surface area (Å²) in [6.45, 7) is 1.43. The van der Waals surface area contributed by atoms with Crippen LogP contribution in [0.15, 0.2) is 77.8 Å². The molecule has 1 aliphatic heterocycles. The number of ether oxygens (including phenoxy) is 2. The fraction of sp³-hybridized carbons (Fsp3) is 0.192. The number of benzene rings is 3. The van der Waals surface area contributed by atoms with Gasteiger partial charge < -0.3 is 19.8 Å². The highest BCUT2D eigenvalue weighted by molar-refractivity contribution is 7.92. The van der Waals surface area contributed by atoms with Gasteiger partial charge in [0.2, 0.25) is 0 Å². The zero-order chi connectivity index (χ0) is 24.3. The van der Waals surface area contributed by atoms with E-state index in [1.807, 2.05) is 30.5 Å². The molecule has 3 aromatic carbocycles. The van der Waals surface area contributed by atoms with Crippen LogP contribution in [-0.4, -0.2) is 39.1 Å². The molecule has 1 amide bonds. The Kier molecular flexibility index (Phi) is 6.33. The molecule has 0 unspecified atom stereocenters. The van der Waals surface area contributed by atoms with Gasteiger partial charge in [-0.25, -0.2) is 8.42 Å². The van der Waals surface area contributed by atoms with Crippen LogP contribution in [0.25, 0.3) is 10.9 Å². The molecule has 0 saturated carbocycles. The number of sulfonamides is 1. The number of para-hydroxylation sites is 1. The van der Waals surface area contributed by atoms with Crippen LogP contribution in [0.4, 0.5) is 5.69 Å². The van der Waals surface area contributed by atoms with Gasteiger partial charge in [-0.15, -0.1) is 0 Å². The number of hydrogen-bond acceptors (Lipinski definition) is 5. The van der Waals surface area contributed by atoms with Crippen LogP contribution >= 0.6 is 0 Å². The van der Waals surface area contributed by atoms with Crippen molar-refractivity contribution in [2.75, 3.05) is 24.5 Å². The number of anilines is 1. The lowest BCUT2D eigenvalue weighted by Crippen LogP contribution is -2.25. The number of H-pyrrole nitrogens is 1. The minimum atomic E-state index is -3.89. The summed E-state index contributed by atoms with van der Waals surface area (Å²) in [5, 5.41) is 4.04. The summed E-state index contributed by atoms with van der Waals surface area (Å²) in [5.41, 5.74) is 2.84. The Hall–Kier alpha value is -3.98. The lowest BCUT2D eigenvalue weighted by Gasteiger charge is -2.12. The molecule has 1 aromatic heterocycles. The Morgan fingerprint density at radius 2 is 1.77 bits per heavy atom. The number of hydrogen-bond donors (Lipinski definition) is 3. The molecule has 180 valence electrons. The zero-order valence-corrected chi connectivity index (χ0v) is 19.7. The minimum Gasteiger partial charge on any atom is -0.490 e. The van der Waals surface area contributed by atoms with Crippen molar-refractivity contribution in [1.82, 2.24) is 10.3 Å². The number of amides is 1. The Labute approximate surface area is 203 Å². The molecular formula is C26H25N3O5S. The molecule has 35 heavy (non-hydrogen) atoms. The van der Waals surface area contributed by atoms with E-state index in [2.05, 4.69) is 15.0 Å². The topological polar surface area (TPSA) is 110 Å². The van der Waals surface area contributed by atoms with Gasteiger partial charge in [0.05, 0.1) is 18.1 Å². The van der Waals surface area contributed by atoms with Gasteiger partial charge in [-0.05, 0) is 48.4 Å². The molecule has 9 heteroatoms. The molecule has 0 spiro atoms. The van der Waals surface area contributed by atoms with Gasteiger partial charge in [0, 0.05) is 47.4 Å². The predicted molar refractivity (Wildman–Crippen MR) is 134 cm³/mol. The van der Waals surface area contributed by atoms with Crippen molar-refractivity contribution in [1.29, 1.82) is 0 Å². The summed E-state index contributed by atoms with van der Waals surface area (Å²) in [5.74, 6) is 0.642. The van der Waals surface area contributed by atoms with E-state index in [-0.39, 0.29) is 10.8 Å². The number of aromatic nitrogens is 1. The molecule has 0 aliphatic carbocycles. The van der Waals surface area contributed by atoms with Gasteiger partial charge in [0.15, 0.2) is 11.5 Å². The van der Waals surface area contributed by atoms with E-state index in [1.54, 1.807) is 24.3 Å². The third-order valence-electron chi connectivity index (χ3n) is 5.76. The second-order valence-electron chi connectivity index (χ2n) is 8.21. The molecule has 0 radical (unpaired) electrons. The number of nitrogens with one attached hydrogen (secondary N) is 3. The van der Waals surface area contributed by atoms with E-state index in [9.17, 15) is 13.2 Å². The molecule has 4 aromatic rings. The quantitative estimate of drug-likeness (QED) is 0.361. The van der Waals surface area contributed by atoms with Crippen LogP contribution in [0, 0.1) is 0 Å². The van der Waals surface area contributed by atoms with Crippen LogP contribution in [-0.2, 0) is 16.4 Å². The first-order chi connectivity index (χ1) is 17.0. The fourth-order valence-electron chi connectivity index (χ4n) is 4.00. The maximum Gasteiger partial charge on any atom is 0.262 e. The first-order valence-corrected chi connectivity index (χ1v) is 12.8. The van der Waals surface area contributed by atoms with E-state index in [0.717, 1.165) is 22.9 Å². The number of fused-ring (bicyclic) bond motifs is 2. The van der Waals surface area contributed by atoms with E-state index in [1.165, 1.54) is 18.2 Å². The maximum atomic E-state index is 13.0. The summed E-state index contributed by atoms with van der Waals surface area (Å²) in [6, 6.07) is 18.9. The van der Waals surface area contributed by atoms with E-state index in [0.29, 0.717) is 48.9 Å². The molecule has 8 nitrogen and oxygen atoms in total. The van der Waals surface area contributed by atoms with Crippen molar-refractivity contribution in [3.8, 4) is 11.5 Å². The van der Waals surface area contributed by atoms with Crippen molar-refractivity contribution >= 4 is 32.5 Å². The van der Waals surface area contributed by atoms with Crippen LogP contribution in [0.3, 0.4) is 0 Å². The summed E-state index contributed by atoms with van der Waals surface area (Å²) in [6.07, 6.45) is 3.35.